The monoisotopic (exact) mass is 203 g/mol. The Morgan fingerprint density at radius 1 is 1.53 bits per heavy atom. The Labute approximate surface area is 88.9 Å². The molecule has 0 aromatic heterocycles. The third-order valence-electron chi connectivity index (χ3n) is 2.81. The molecule has 1 aromatic rings. The zero-order valence-electron chi connectivity index (χ0n) is 8.44. The average Bonchev–Trinajstić information content (AvgIpc) is 2.29. The van der Waals surface area contributed by atoms with E-state index in [9.17, 15) is 0 Å². The number of aryl methyl sites for hydroxylation is 1. The zero-order valence-corrected chi connectivity index (χ0v) is 8.44. The van der Waals surface area contributed by atoms with Crippen molar-refractivity contribution in [2.75, 3.05) is 6.79 Å². The van der Waals surface area contributed by atoms with Gasteiger partial charge in [-0.05, 0) is 42.5 Å². The minimum absolute atomic E-state index is 0.00788. The lowest BCUT2D eigenvalue weighted by molar-refractivity contribution is -0.0576. The molecular weight excluding hydrogens is 190 g/mol. The van der Waals surface area contributed by atoms with E-state index in [1.807, 2.05) is 12.1 Å². The van der Waals surface area contributed by atoms with Gasteiger partial charge in [0.2, 0.25) is 0 Å². The SMILES string of the molecule is N#Cc1ccc2c(c1)CCCC2OCO. The predicted molar refractivity (Wildman–Crippen MR) is 55.0 cm³/mol. The van der Waals surface area contributed by atoms with Gasteiger partial charge >= 0.3 is 0 Å². The van der Waals surface area contributed by atoms with Crippen LogP contribution in [0.2, 0.25) is 0 Å². The summed E-state index contributed by atoms with van der Waals surface area (Å²) in [7, 11) is 0. The molecular formula is C12H13NO2. The first kappa shape index (κ1) is 10.2. The van der Waals surface area contributed by atoms with Crippen LogP contribution in [0.3, 0.4) is 0 Å². The molecule has 0 aliphatic heterocycles. The Kier molecular flexibility index (Phi) is 3.00. The molecule has 0 saturated carbocycles. The highest BCUT2D eigenvalue weighted by Crippen LogP contribution is 2.32. The van der Waals surface area contributed by atoms with Crippen LogP contribution in [0.25, 0.3) is 0 Å². The van der Waals surface area contributed by atoms with Gasteiger partial charge < -0.3 is 9.84 Å². The maximum atomic E-state index is 8.79. The molecule has 1 N–H and O–H groups in total. The van der Waals surface area contributed by atoms with Crippen molar-refractivity contribution in [1.82, 2.24) is 0 Å². The fourth-order valence-corrected chi connectivity index (χ4v) is 2.10. The van der Waals surface area contributed by atoms with Gasteiger partial charge in [-0.25, -0.2) is 0 Å². The number of hydrogen-bond donors (Lipinski definition) is 1. The number of ether oxygens (including phenoxy) is 1. The van der Waals surface area contributed by atoms with Gasteiger partial charge in [-0.1, -0.05) is 6.07 Å². The van der Waals surface area contributed by atoms with Crippen LogP contribution < -0.4 is 0 Å². The molecule has 3 heteroatoms. The third kappa shape index (κ3) is 2.01. The van der Waals surface area contributed by atoms with Gasteiger partial charge in [-0.2, -0.15) is 5.26 Å². The van der Waals surface area contributed by atoms with E-state index < -0.39 is 0 Å². The standard InChI is InChI=1S/C12H13NO2/c13-7-9-4-5-11-10(6-9)2-1-3-12(11)15-8-14/h4-6,12,14H,1-3,8H2. The van der Waals surface area contributed by atoms with E-state index >= 15 is 0 Å². The maximum absolute atomic E-state index is 8.79. The molecule has 1 aliphatic carbocycles. The van der Waals surface area contributed by atoms with Crippen LogP contribution in [0.4, 0.5) is 0 Å². The Balaban J connectivity index is 2.33. The molecule has 0 radical (unpaired) electrons. The largest absolute Gasteiger partial charge is 0.371 e. The molecule has 0 amide bonds. The van der Waals surface area contributed by atoms with E-state index in [2.05, 4.69) is 6.07 Å². The number of aliphatic hydroxyl groups is 1. The topological polar surface area (TPSA) is 53.2 Å². The Morgan fingerprint density at radius 2 is 2.40 bits per heavy atom. The van der Waals surface area contributed by atoms with Crippen molar-refractivity contribution in [2.45, 2.75) is 25.4 Å². The van der Waals surface area contributed by atoms with E-state index in [-0.39, 0.29) is 12.9 Å². The second kappa shape index (κ2) is 4.43. The Hall–Kier alpha value is -1.37. The molecule has 78 valence electrons. The van der Waals surface area contributed by atoms with Gasteiger partial charge in [0.1, 0.15) is 6.79 Å². The Bertz CT molecular complexity index is 395. The van der Waals surface area contributed by atoms with Crippen LogP contribution >= 0.6 is 0 Å². The van der Waals surface area contributed by atoms with E-state index in [1.165, 1.54) is 5.56 Å². The summed E-state index contributed by atoms with van der Waals surface area (Å²) in [4.78, 5) is 0. The van der Waals surface area contributed by atoms with Gasteiger partial charge in [0.15, 0.2) is 0 Å². The van der Waals surface area contributed by atoms with E-state index in [1.54, 1.807) is 6.07 Å². The zero-order chi connectivity index (χ0) is 10.7. The number of benzene rings is 1. The molecule has 3 nitrogen and oxygen atoms in total. The summed E-state index contributed by atoms with van der Waals surface area (Å²) in [6, 6.07) is 7.79. The van der Waals surface area contributed by atoms with Crippen molar-refractivity contribution in [3.8, 4) is 6.07 Å². The molecule has 1 unspecified atom stereocenters. The lowest BCUT2D eigenvalue weighted by Crippen LogP contribution is -2.13. The first-order valence-electron chi connectivity index (χ1n) is 5.10. The van der Waals surface area contributed by atoms with Crippen LogP contribution in [0.15, 0.2) is 18.2 Å². The fraction of sp³-hybridized carbons (Fsp3) is 0.417. The summed E-state index contributed by atoms with van der Waals surface area (Å²) in [6.07, 6.45) is 2.98. The lowest BCUT2D eigenvalue weighted by Gasteiger charge is -2.24. The number of rotatable bonds is 2. The number of fused-ring (bicyclic) bond motifs is 1. The van der Waals surface area contributed by atoms with Crippen molar-refractivity contribution in [3.05, 3.63) is 34.9 Å². The summed E-state index contributed by atoms with van der Waals surface area (Å²) in [5, 5.41) is 17.6. The Morgan fingerprint density at radius 3 is 3.13 bits per heavy atom. The second-order valence-corrected chi connectivity index (χ2v) is 3.70. The highest BCUT2D eigenvalue weighted by atomic mass is 16.6. The van der Waals surface area contributed by atoms with Gasteiger partial charge in [-0.15, -0.1) is 0 Å². The minimum atomic E-state index is -0.246. The van der Waals surface area contributed by atoms with E-state index in [4.69, 9.17) is 15.1 Å². The third-order valence-corrected chi connectivity index (χ3v) is 2.81. The van der Waals surface area contributed by atoms with Gasteiger partial charge in [-0.3, -0.25) is 0 Å². The highest BCUT2D eigenvalue weighted by Gasteiger charge is 2.20. The van der Waals surface area contributed by atoms with Gasteiger partial charge in [0.25, 0.3) is 0 Å². The molecule has 2 rings (SSSR count). The van der Waals surface area contributed by atoms with Crippen LogP contribution in [0, 0.1) is 11.3 Å². The van der Waals surface area contributed by atoms with Gasteiger partial charge in [0, 0.05) is 0 Å². The normalized spacial score (nSPS) is 19.3. The summed E-state index contributed by atoms with van der Waals surface area (Å²) >= 11 is 0. The summed E-state index contributed by atoms with van der Waals surface area (Å²) in [5.74, 6) is 0. The van der Waals surface area contributed by atoms with E-state index in [0.717, 1.165) is 24.8 Å². The molecule has 1 atom stereocenters. The van der Waals surface area contributed by atoms with E-state index in [0.29, 0.717) is 5.56 Å². The molecule has 0 bridgehead atoms. The maximum Gasteiger partial charge on any atom is 0.144 e. The predicted octanol–water partition coefficient (Wildman–Crippen LogP) is 1.90. The number of aliphatic hydroxyl groups excluding tert-OH is 1. The van der Waals surface area contributed by atoms with Crippen molar-refractivity contribution in [2.24, 2.45) is 0 Å². The summed E-state index contributed by atoms with van der Waals surface area (Å²) in [6.45, 7) is -0.246. The van der Waals surface area contributed by atoms with Crippen molar-refractivity contribution in [1.29, 1.82) is 5.26 Å². The summed E-state index contributed by atoms with van der Waals surface area (Å²) in [5.41, 5.74) is 2.99. The minimum Gasteiger partial charge on any atom is -0.371 e. The fourth-order valence-electron chi connectivity index (χ4n) is 2.10. The highest BCUT2D eigenvalue weighted by molar-refractivity contribution is 5.40. The van der Waals surface area contributed by atoms with Crippen molar-refractivity contribution < 1.29 is 9.84 Å². The molecule has 0 heterocycles. The molecule has 1 aliphatic rings. The quantitative estimate of drug-likeness (QED) is 0.747. The van der Waals surface area contributed by atoms with Gasteiger partial charge in [0.05, 0.1) is 17.7 Å². The second-order valence-electron chi connectivity index (χ2n) is 3.70. The molecule has 0 saturated heterocycles. The smallest absolute Gasteiger partial charge is 0.144 e. The van der Waals surface area contributed by atoms with Crippen LogP contribution in [-0.2, 0) is 11.2 Å². The number of hydrogen-bond acceptors (Lipinski definition) is 3. The summed E-state index contributed by atoms with van der Waals surface area (Å²) < 4.78 is 5.26. The molecule has 1 aromatic carbocycles. The van der Waals surface area contributed by atoms with Crippen LogP contribution in [0.5, 0.6) is 0 Å². The number of nitriles is 1. The average molecular weight is 203 g/mol. The van der Waals surface area contributed by atoms with Crippen LogP contribution in [0.1, 0.15) is 35.6 Å². The van der Waals surface area contributed by atoms with Crippen molar-refractivity contribution >= 4 is 0 Å². The first-order valence-corrected chi connectivity index (χ1v) is 5.10. The lowest BCUT2D eigenvalue weighted by atomic mass is 9.88. The molecule has 0 fully saturated rings. The first-order chi connectivity index (χ1) is 7.35. The molecule has 0 spiro atoms. The molecule has 15 heavy (non-hydrogen) atoms. The van der Waals surface area contributed by atoms with Crippen molar-refractivity contribution in [3.63, 3.8) is 0 Å². The van der Waals surface area contributed by atoms with Crippen LogP contribution in [-0.4, -0.2) is 11.9 Å². The number of nitrogens with zero attached hydrogens (tertiary/aromatic N) is 1.